The molecule has 8 heteroatoms. The minimum atomic E-state index is -0.284. The van der Waals surface area contributed by atoms with Gasteiger partial charge in [0.2, 0.25) is 5.96 Å². The molecule has 0 aliphatic heterocycles. The lowest BCUT2D eigenvalue weighted by molar-refractivity contribution is 0.0977. The van der Waals surface area contributed by atoms with Gasteiger partial charge in [0.1, 0.15) is 5.75 Å². The third-order valence-corrected chi connectivity index (χ3v) is 5.49. The topological polar surface area (TPSA) is 80.5 Å². The SMILES string of the molecule is COc1ccc(C)cc1NC(=NCCc1c(C)nn(C)c1C)NC(=O)c1ccc(Cl)cc1. The molecule has 3 rings (SSSR count). The van der Waals surface area contributed by atoms with E-state index < -0.39 is 0 Å². The van der Waals surface area contributed by atoms with Gasteiger partial charge in [0.15, 0.2) is 0 Å². The van der Waals surface area contributed by atoms with Crippen molar-refractivity contribution >= 4 is 29.2 Å². The van der Waals surface area contributed by atoms with Crippen LogP contribution in [-0.4, -0.2) is 35.3 Å². The molecule has 0 aliphatic carbocycles. The number of methoxy groups -OCH3 is 1. The van der Waals surface area contributed by atoms with E-state index in [4.69, 9.17) is 16.3 Å². The van der Waals surface area contributed by atoms with Crippen LogP contribution in [0.4, 0.5) is 5.69 Å². The second-order valence-corrected chi connectivity index (χ2v) is 7.98. The summed E-state index contributed by atoms with van der Waals surface area (Å²) in [5, 5.41) is 11.1. The van der Waals surface area contributed by atoms with Gasteiger partial charge in [-0.05, 0) is 74.7 Å². The van der Waals surface area contributed by atoms with E-state index in [1.165, 1.54) is 0 Å². The van der Waals surface area contributed by atoms with E-state index in [-0.39, 0.29) is 5.91 Å². The fourth-order valence-electron chi connectivity index (χ4n) is 3.40. The average Bonchev–Trinajstić information content (AvgIpc) is 3.00. The molecule has 0 saturated carbocycles. The van der Waals surface area contributed by atoms with E-state index in [0.29, 0.717) is 35.3 Å². The lowest BCUT2D eigenvalue weighted by atomic mass is 10.1. The molecule has 7 nitrogen and oxygen atoms in total. The number of nitrogens with one attached hydrogen (secondary N) is 2. The summed E-state index contributed by atoms with van der Waals surface area (Å²) in [7, 11) is 3.53. The summed E-state index contributed by atoms with van der Waals surface area (Å²) in [6.07, 6.45) is 0.707. The Morgan fingerprint density at radius 3 is 2.50 bits per heavy atom. The van der Waals surface area contributed by atoms with Gasteiger partial charge >= 0.3 is 0 Å². The number of rotatable bonds is 6. The van der Waals surface area contributed by atoms with Crippen molar-refractivity contribution < 1.29 is 9.53 Å². The van der Waals surface area contributed by atoms with Crippen LogP contribution in [0.2, 0.25) is 5.02 Å². The zero-order valence-corrected chi connectivity index (χ0v) is 19.7. The van der Waals surface area contributed by atoms with E-state index in [9.17, 15) is 4.79 Å². The number of halogens is 1. The highest BCUT2D eigenvalue weighted by Crippen LogP contribution is 2.25. The minimum absolute atomic E-state index is 0.284. The summed E-state index contributed by atoms with van der Waals surface area (Å²) in [6, 6.07) is 12.5. The van der Waals surface area contributed by atoms with Crippen LogP contribution in [0.3, 0.4) is 0 Å². The van der Waals surface area contributed by atoms with Crippen LogP contribution in [0.5, 0.6) is 5.75 Å². The summed E-state index contributed by atoms with van der Waals surface area (Å²) < 4.78 is 7.32. The van der Waals surface area contributed by atoms with Gasteiger partial charge in [-0.3, -0.25) is 19.8 Å². The molecule has 2 N–H and O–H groups in total. The number of amides is 1. The number of carbonyl (C=O) groups is 1. The number of hydrogen-bond donors (Lipinski definition) is 2. The Balaban J connectivity index is 1.84. The van der Waals surface area contributed by atoms with Gasteiger partial charge in [-0.2, -0.15) is 5.10 Å². The van der Waals surface area contributed by atoms with Crippen molar-refractivity contribution in [3.05, 3.63) is 75.6 Å². The molecule has 0 aliphatic rings. The van der Waals surface area contributed by atoms with E-state index in [0.717, 1.165) is 28.2 Å². The molecule has 0 bridgehead atoms. The van der Waals surface area contributed by atoms with E-state index >= 15 is 0 Å². The minimum Gasteiger partial charge on any atom is -0.495 e. The van der Waals surface area contributed by atoms with Gasteiger partial charge in [-0.15, -0.1) is 0 Å². The summed E-state index contributed by atoms with van der Waals surface area (Å²) in [4.78, 5) is 17.5. The highest BCUT2D eigenvalue weighted by Gasteiger charge is 2.13. The summed E-state index contributed by atoms with van der Waals surface area (Å²) in [5.74, 6) is 0.712. The van der Waals surface area contributed by atoms with Crippen molar-refractivity contribution in [2.75, 3.05) is 19.0 Å². The summed E-state index contributed by atoms with van der Waals surface area (Å²) in [5.41, 5.74) is 5.51. The van der Waals surface area contributed by atoms with Gasteiger partial charge in [0, 0.05) is 29.9 Å². The Morgan fingerprint density at radius 2 is 1.88 bits per heavy atom. The number of aryl methyl sites for hydroxylation is 3. The number of ether oxygens (including phenoxy) is 1. The number of hydrogen-bond acceptors (Lipinski definition) is 4. The molecule has 0 atom stereocenters. The number of aromatic nitrogens is 2. The smallest absolute Gasteiger partial charge is 0.257 e. The third-order valence-electron chi connectivity index (χ3n) is 5.24. The lowest BCUT2D eigenvalue weighted by Gasteiger charge is -2.15. The molecule has 0 saturated heterocycles. The van der Waals surface area contributed by atoms with E-state index in [1.807, 2.05) is 50.7 Å². The Hall–Kier alpha value is -3.32. The van der Waals surface area contributed by atoms with Crippen LogP contribution in [0.25, 0.3) is 0 Å². The number of benzene rings is 2. The van der Waals surface area contributed by atoms with Crippen LogP contribution in [0, 0.1) is 20.8 Å². The first kappa shape index (κ1) is 23.3. The molecular weight excluding hydrogens is 426 g/mol. The van der Waals surface area contributed by atoms with E-state index in [1.54, 1.807) is 31.4 Å². The molecule has 32 heavy (non-hydrogen) atoms. The maximum Gasteiger partial charge on any atom is 0.257 e. The Bertz CT molecular complexity index is 1140. The standard InChI is InChI=1S/C24H28ClN5O2/c1-15-6-11-22(32-5)21(14-15)27-24(28-23(31)18-7-9-19(25)10-8-18)26-13-12-20-16(2)29-30(4)17(20)3/h6-11,14H,12-13H2,1-5H3,(H2,26,27,28,31). The van der Waals surface area contributed by atoms with Crippen molar-refractivity contribution in [1.82, 2.24) is 15.1 Å². The molecule has 0 unspecified atom stereocenters. The van der Waals surface area contributed by atoms with Crippen LogP contribution in [0.15, 0.2) is 47.5 Å². The number of aliphatic imine (C=N–C) groups is 1. The second kappa shape index (κ2) is 10.3. The summed E-state index contributed by atoms with van der Waals surface area (Å²) >= 11 is 5.94. The predicted octanol–water partition coefficient (Wildman–Crippen LogP) is 4.45. The van der Waals surface area contributed by atoms with Crippen molar-refractivity contribution in [2.24, 2.45) is 12.0 Å². The Kier molecular flexibility index (Phi) is 7.53. The fraction of sp³-hybridized carbons (Fsp3) is 0.292. The lowest BCUT2D eigenvalue weighted by Crippen LogP contribution is -2.36. The van der Waals surface area contributed by atoms with Crippen molar-refractivity contribution in [2.45, 2.75) is 27.2 Å². The molecule has 1 heterocycles. The third kappa shape index (κ3) is 5.68. The molecule has 1 amide bonds. The predicted molar refractivity (Wildman–Crippen MR) is 129 cm³/mol. The van der Waals surface area contributed by atoms with Gasteiger partial charge in [0.25, 0.3) is 5.91 Å². The maximum atomic E-state index is 12.8. The maximum absolute atomic E-state index is 12.8. The van der Waals surface area contributed by atoms with Crippen molar-refractivity contribution in [3.8, 4) is 5.75 Å². The normalized spacial score (nSPS) is 11.4. The first-order valence-corrected chi connectivity index (χ1v) is 10.7. The van der Waals surface area contributed by atoms with Gasteiger partial charge < -0.3 is 10.1 Å². The molecule has 168 valence electrons. The molecule has 3 aromatic rings. The van der Waals surface area contributed by atoms with Crippen LogP contribution < -0.4 is 15.4 Å². The monoisotopic (exact) mass is 453 g/mol. The van der Waals surface area contributed by atoms with E-state index in [2.05, 4.69) is 20.7 Å². The van der Waals surface area contributed by atoms with Gasteiger partial charge in [0.05, 0.1) is 18.5 Å². The van der Waals surface area contributed by atoms with Crippen molar-refractivity contribution in [1.29, 1.82) is 0 Å². The van der Waals surface area contributed by atoms with Crippen LogP contribution >= 0.6 is 11.6 Å². The number of anilines is 1. The first-order chi connectivity index (χ1) is 15.3. The number of nitrogens with zero attached hydrogens (tertiary/aromatic N) is 3. The second-order valence-electron chi connectivity index (χ2n) is 7.54. The average molecular weight is 454 g/mol. The molecule has 2 aromatic carbocycles. The fourth-order valence-corrected chi connectivity index (χ4v) is 3.52. The number of guanidine groups is 1. The van der Waals surface area contributed by atoms with Crippen LogP contribution in [0.1, 0.15) is 32.9 Å². The molecule has 0 fully saturated rings. The van der Waals surface area contributed by atoms with Crippen molar-refractivity contribution in [3.63, 3.8) is 0 Å². The highest BCUT2D eigenvalue weighted by atomic mass is 35.5. The molecular formula is C24H28ClN5O2. The largest absolute Gasteiger partial charge is 0.495 e. The molecule has 1 aromatic heterocycles. The summed E-state index contributed by atoms with van der Waals surface area (Å²) in [6.45, 7) is 6.50. The quantitative estimate of drug-likeness (QED) is 0.427. The Labute approximate surface area is 193 Å². The molecule has 0 radical (unpaired) electrons. The first-order valence-electron chi connectivity index (χ1n) is 10.3. The molecule has 0 spiro atoms. The Morgan fingerprint density at radius 1 is 1.16 bits per heavy atom. The highest BCUT2D eigenvalue weighted by molar-refractivity contribution is 6.30. The van der Waals surface area contributed by atoms with Gasteiger partial charge in [-0.25, -0.2) is 0 Å². The van der Waals surface area contributed by atoms with Crippen LogP contribution in [-0.2, 0) is 13.5 Å². The number of carbonyl (C=O) groups excluding carboxylic acids is 1. The van der Waals surface area contributed by atoms with Gasteiger partial charge in [-0.1, -0.05) is 17.7 Å². The zero-order chi connectivity index (χ0) is 23.3. The zero-order valence-electron chi connectivity index (χ0n) is 19.0.